The van der Waals surface area contributed by atoms with E-state index in [0.717, 1.165) is 9.59 Å². The number of halogens is 1. The summed E-state index contributed by atoms with van der Waals surface area (Å²) in [5.41, 5.74) is 0.796. The first kappa shape index (κ1) is 8.96. The Bertz CT molecular complexity index is 108. The number of nitrogens with one attached hydrogen (secondary N) is 1. The van der Waals surface area contributed by atoms with Crippen LogP contribution >= 0.6 is 0 Å². The monoisotopic (exact) mass is 271 g/mol. The van der Waals surface area contributed by atoms with Crippen molar-refractivity contribution in [2.24, 2.45) is 0 Å². The van der Waals surface area contributed by atoms with Crippen molar-refractivity contribution in [2.45, 2.75) is 23.4 Å². The van der Waals surface area contributed by atoms with Crippen LogP contribution in [0.15, 0.2) is 0 Å². The molecule has 1 unspecified atom stereocenters. The average molecular weight is 271 g/mol. The maximum atomic E-state index is 5.47. The molecule has 0 saturated carbocycles. The van der Waals surface area contributed by atoms with Gasteiger partial charge >= 0.3 is 73.8 Å². The molecule has 0 aromatic heterocycles. The fraction of sp³-hybridized carbons (Fsp3) is 1.00. The summed E-state index contributed by atoms with van der Waals surface area (Å²) in [7, 11) is 1.87. The number of rotatable bonds is 4. The zero-order chi connectivity index (χ0) is 7.56. The Morgan fingerprint density at radius 3 is 2.60 bits per heavy atom. The van der Waals surface area contributed by atoms with Crippen molar-refractivity contribution in [3.63, 3.8) is 0 Å². The van der Waals surface area contributed by atoms with Gasteiger partial charge in [0.05, 0.1) is 0 Å². The van der Waals surface area contributed by atoms with E-state index in [1.54, 1.807) is 0 Å². The van der Waals surface area contributed by atoms with Gasteiger partial charge in [0.2, 0.25) is 0 Å². The third-order valence-corrected chi connectivity index (χ3v) is 13.1. The molecule has 10 heavy (non-hydrogen) atoms. The molecule has 0 bridgehead atoms. The number of hydrogen-bond donors (Lipinski definition) is 1. The minimum atomic E-state index is -0.391. The van der Waals surface area contributed by atoms with E-state index in [-0.39, 0.29) is 0 Å². The van der Waals surface area contributed by atoms with Crippen molar-refractivity contribution in [3.05, 3.63) is 0 Å². The first-order chi connectivity index (χ1) is 4.74. The summed E-state index contributed by atoms with van der Waals surface area (Å²) >= 11 is 0.339. The van der Waals surface area contributed by atoms with Gasteiger partial charge in [-0.1, -0.05) is 0 Å². The molecular formula is C6H14INOSi-. The molecule has 0 amide bonds. The third kappa shape index (κ3) is 2.85. The van der Waals surface area contributed by atoms with Crippen molar-refractivity contribution < 1.29 is 24.8 Å². The molecule has 0 aliphatic carbocycles. The molecule has 0 aromatic carbocycles. The summed E-state index contributed by atoms with van der Waals surface area (Å²) in [4.78, 5) is 0. The van der Waals surface area contributed by atoms with Crippen molar-refractivity contribution in [2.75, 3.05) is 13.7 Å². The zero-order valence-electron chi connectivity index (χ0n) is 6.65. The molecule has 2 nitrogen and oxygen atoms in total. The van der Waals surface area contributed by atoms with Gasteiger partial charge in [0.25, 0.3) is 0 Å². The third-order valence-electron chi connectivity index (χ3n) is 1.25. The SMILES string of the molecule is CO[Si]([I-]C1CN1)C(C)C. The standard InChI is InChI=1S/C6H14INOSi/c1-5(2)10(9-3)7-6-4-8-6/h5-6,8H,4H2,1-3H3/q-1. The summed E-state index contributed by atoms with van der Waals surface area (Å²) in [5, 5.41) is 3.35. The number of alkyl halides is 1. The van der Waals surface area contributed by atoms with Crippen molar-refractivity contribution in [3.8, 4) is 0 Å². The minimum absolute atomic E-state index is 0.339. The van der Waals surface area contributed by atoms with Gasteiger partial charge in [-0.2, -0.15) is 0 Å². The van der Waals surface area contributed by atoms with Gasteiger partial charge < -0.3 is 0 Å². The Kier molecular flexibility index (Phi) is 3.61. The van der Waals surface area contributed by atoms with E-state index in [2.05, 4.69) is 19.2 Å². The van der Waals surface area contributed by atoms with E-state index in [4.69, 9.17) is 4.43 Å². The summed E-state index contributed by atoms with van der Waals surface area (Å²) in [6.45, 7) is 5.43. The normalized spacial score (nSPS) is 24.7. The van der Waals surface area contributed by atoms with E-state index < -0.39 is 6.54 Å². The predicted octanol–water partition coefficient (Wildman–Crippen LogP) is -2.45. The van der Waals surface area contributed by atoms with Crippen molar-refractivity contribution in [1.82, 2.24) is 5.32 Å². The summed E-state index contributed by atoms with van der Waals surface area (Å²) in [5.74, 6) is 0. The van der Waals surface area contributed by atoms with Gasteiger partial charge in [0, 0.05) is 0 Å². The Morgan fingerprint density at radius 1 is 1.70 bits per heavy atom. The molecule has 0 spiro atoms. The van der Waals surface area contributed by atoms with Crippen LogP contribution in [0, 0.1) is 0 Å². The first-order valence-electron chi connectivity index (χ1n) is 3.51. The van der Waals surface area contributed by atoms with E-state index in [0.29, 0.717) is 20.4 Å². The molecule has 1 aliphatic rings. The van der Waals surface area contributed by atoms with Crippen LogP contribution in [0.25, 0.3) is 0 Å². The topological polar surface area (TPSA) is 31.2 Å². The molecule has 1 fully saturated rings. The molecule has 1 rings (SSSR count). The van der Waals surface area contributed by atoms with E-state index >= 15 is 0 Å². The molecule has 4 heteroatoms. The van der Waals surface area contributed by atoms with Gasteiger partial charge in [-0.15, -0.1) is 0 Å². The molecule has 1 saturated heterocycles. The van der Waals surface area contributed by atoms with Crippen LogP contribution in [0.1, 0.15) is 13.8 Å². The van der Waals surface area contributed by atoms with Crippen LogP contribution < -0.4 is 25.7 Å². The Balaban J connectivity index is 2.17. The van der Waals surface area contributed by atoms with E-state index in [9.17, 15) is 0 Å². The molecule has 61 valence electrons. The molecule has 1 atom stereocenters. The van der Waals surface area contributed by atoms with Crippen molar-refractivity contribution >= 4 is 6.54 Å². The Labute approximate surface area is 73.8 Å². The van der Waals surface area contributed by atoms with Gasteiger partial charge in [-0.05, 0) is 0 Å². The molecular weight excluding hydrogens is 257 g/mol. The zero-order valence-corrected chi connectivity index (χ0v) is 9.81. The second kappa shape index (κ2) is 4.03. The first-order valence-corrected chi connectivity index (χ1v) is 9.36. The number of hydrogen-bond acceptors (Lipinski definition) is 2. The van der Waals surface area contributed by atoms with E-state index in [1.165, 1.54) is 6.54 Å². The van der Waals surface area contributed by atoms with E-state index in [1.807, 2.05) is 7.11 Å². The molecule has 1 aliphatic heterocycles. The van der Waals surface area contributed by atoms with Gasteiger partial charge in [0.15, 0.2) is 0 Å². The molecule has 1 radical (unpaired) electrons. The second-order valence-corrected chi connectivity index (χ2v) is 11.6. The Hall–Kier alpha value is 0.867. The quantitative estimate of drug-likeness (QED) is 0.154. The summed E-state index contributed by atoms with van der Waals surface area (Å²) in [6, 6.07) is 0. The predicted molar refractivity (Wildman–Crippen MR) is 39.7 cm³/mol. The van der Waals surface area contributed by atoms with Crippen LogP contribution in [0.4, 0.5) is 0 Å². The van der Waals surface area contributed by atoms with Crippen LogP contribution in [0.5, 0.6) is 0 Å². The molecule has 1 heterocycles. The van der Waals surface area contributed by atoms with Crippen LogP contribution in [-0.4, -0.2) is 24.2 Å². The van der Waals surface area contributed by atoms with Gasteiger partial charge in [-0.3, -0.25) is 0 Å². The fourth-order valence-corrected chi connectivity index (χ4v) is 8.60. The summed E-state index contributed by atoms with van der Waals surface area (Å²) < 4.78 is 6.37. The maximum absolute atomic E-state index is 5.47. The van der Waals surface area contributed by atoms with Gasteiger partial charge in [0.1, 0.15) is 0 Å². The van der Waals surface area contributed by atoms with Crippen LogP contribution in [-0.2, 0) is 4.43 Å². The van der Waals surface area contributed by atoms with Crippen molar-refractivity contribution in [1.29, 1.82) is 0 Å². The molecule has 0 aromatic rings. The second-order valence-electron chi connectivity index (χ2n) is 2.65. The van der Waals surface area contributed by atoms with Gasteiger partial charge in [-0.25, -0.2) is 0 Å². The van der Waals surface area contributed by atoms with Crippen LogP contribution in [0.2, 0.25) is 5.54 Å². The summed E-state index contributed by atoms with van der Waals surface area (Å²) in [6.07, 6.45) is 0. The fourth-order valence-electron chi connectivity index (χ4n) is 0.658. The molecule has 1 N–H and O–H groups in total. The Morgan fingerprint density at radius 2 is 2.30 bits per heavy atom. The average Bonchev–Trinajstić information content (AvgIpc) is 2.64. The van der Waals surface area contributed by atoms with Crippen LogP contribution in [0.3, 0.4) is 0 Å².